The van der Waals surface area contributed by atoms with Crippen molar-refractivity contribution in [3.63, 3.8) is 0 Å². The molecule has 2 N–H and O–H groups in total. The van der Waals surface area contributed by atoms with E-state index in [4.69, 9.17) is 9.47 Å². The van der Waals surface area contributed by atoms with Crippen LogP contribution in [0, 0.1) is 19.3 Å². The number of nitrogens with one attached hydrogen (secondary N) is 2. The first-order valence-electron chi connectivity index (χ1n) is 9.27. The Kier molecular flexibility index (Phi) is 5.58. The molecule has 0 atom stereocenters. The highest BCUT2D eigenvalue weighted by Gasteiger charge is 2.56. The second kappa shape index (κ2) is 7.92. The summed E-state index contributed by atoms with van der Waals surface area (Å²) >= 11 is 0. The molecule has 148 valence electrons. The molecule has 3 rings (SSSR count). The number of amides is 2. The van der Waals surface area contributed by atoms with Crippen LogP contribution in [0.3, 0.4) is 0 Å². The lowest BCUT2D eigenvalue weighted by Gasteiger charge is -2.16. The molecule has 6 heteroatoms. The Hall–Kier alpha value is -3.02. The topological polar surface area (TPSA) is 76.7 Å². The number of carbonyl (C=O) groups is 2. The molecule has 2 aromatic rings. The third-order valence-corrected chi connectivity index (χ3v) is 5.00. The highest BCUT2D eigenvalue weighted by Crippen LogP contribution is 2.47. The highest BCUT2D eigenvalue weighted by molar-refractivity contribution is 6.13. The predicted octanol–water partition coefficient (Wildman–Crippen LogP) is 3.36. The van der Waals surface area contributed by atoms with Crippen LogP contribution < -0.4 is 20.1 Å². The molecule has 0 saturated heterocycles. The largest absolute Gasteiger partial charge is 0.493 e. The van der Waals surface area contributed by atoms with E-state index in [0.29, 0.717) is 30.9 Å². The van der Waals surface area contributed by atoms with Gasteiger partial charge in [0.05, 0.1) is 14.2 Å². The molecule has 2 amide bonds. The zero-order valence-electron chi connectivity index (χ0n) is 16.7. The summed E-state index contributed by atoms with van der Waals surface area (Å²) in [6.45, 7) is 4.27. The van der Waals surface area contributed by atoms with Gasteiger partial charge in [-0.05, 0) is 67.6 Å². The van der Waals surface area contributed by atoms with Gasteiger partial charge in [0.25, 0.3) is 0 Å². The first kappa shape index (κ1) is 19.7. The number of methoxy groups -OCH3 is 2. The smallest absolute Gasteiger partial charge is 0.240 e. The Morgan fingerprint density at radius 3 is 2.14 bits per heavy atom. The minimum atomic E-state index is -0.978. The number of benzene rings is 2. The van der Waals surface area contributed by atoms with Crippen molar-refractivity contribution >= 4 is 17.5 Å². The number of anilines is 1. The molecule has 0 heterocycles. The fraction of sp³-hybridized carbons (Fsp3) is 0.364. The molecular formula is C22H26N2O4. The van der Waals surface area contributed by atoms with Crippen molar-refractivity contribution in [2.45, 2.75) is 33.2 Å². The molecule has 0 aromatic heterocycles. The van der Waals surface area contributed by atoms with E-state index in [-0.39, 0.29) is 11.8 Å². The second-order valence-corrected chi connectivity index (χ2v) is 7.28. The van der Waals surface area contributed by atoms with Gasteiger partial charge in [0.15, 0.2) is 11.5 Å². The van der Waals surface area contributed by atoms with Crippen LogP contribution in [-0.4, -0.2) is 26.0 Å². The van der Waals surface area contributed by atoms with Gasteiger partial charge in [0, 0.05) is 12.2 Å². The van der Waals surface area contributed by atoms with Crippen molar-refractivity contribution in [2.24, 2.45) is 5.41 Å². The molecule has 0 spiro atoms. The maximum absolute atomic E-state index is 12.7. The van der Waals surface area contributed by atoms with E-state index < -0.39 is 5.41 Å². The van der Waals surface area contributed by atoms with E-state index in [0.717, 1.165) is 22.4 Å². The van der Waals surface area contributed by atoms with Gasteiger partial charge in [-0.15, -0.1) is 0 Å². The monoisotopic (exact) mass is 382 g/mol. The van der Waals surface area contributed by atoms with Crippen LogP contribution in [-0.2, 0) is 16.1 Å². The standard InChI is InChI=1S/C22H26N2O4/c1-14-9-15(2)11-17(10-14)24-21(26)22(7-8-22)20(25)23-13-16-5-6-18(27-3)19(12-16)28-4/h5-6,9-12H,7-8,13H2,1-4H3,(H,23,25)(H,24,26). The lowest BCUT2D eigenvalue weighted by Crippen LogP contribution is -2.39. The SMILES string of the molecule is COc1ccc(CNC(=O)C2(C(=O)Nc3cc(C)cc(C)c3)CC2)cc1OC. The number of rotatable bonds is 7. The first-order valence-corrected chi connectivity index (χ1v) is 9.27. The Balaban J connectivity index is 1.64. The molecule has 1 fully saturated rings. The maximum Gasteiger partial charge on any atom is 0.240 e. The molecule has 0 bridgehead atoms. The fourth-order valence-electron chi connectivity index (χ4n) is 3.32. The second-order valence-electron chi connectivity index (χ2n) is 7.28. The van der Waals surface area contributed by atoms with Gasteiger partial charge in [-0.1, -0.05) is 12.1 Å². The number of hydrogen-bond acceptors (Lipinski definition) is 4. The van der Waals surface area contributed by atoms with Crippen molar-refractivity contribution in [3.8, 4) is 11.5 Å². The lowest BCUT2D eigenvalue weighted by atomic mass is 10.0. The van der Waals surface area contributed by atoms with Crippen LogP contribution in [0.4, 0.5) is 5.69 Å². The van der Waals surface area contributed by atoms with Crippen LogP contribution in [0.15, 0.2) is 36.4 Å². The molecule has 1 aliphatic rings. The molecule has 1 saturated carbocycles. The summed E-state index contributed by atoms with van der Waals surface area (Å²) in [4.78, 5) is 25.5. The Morgan fingerprint density at radius 2 is 1.57 bits per heavy atom. The number of aryl methyl sites for hydroxylation is 2. The molecular weight excluding hydrogens is 356 g/mol. The van der Waals surface area contributed by atoms with Gasteiger partial charge in [0.1, 0.15) is 5.41 Å². The van der Waals surface area contributed by atoms with Crippen molar-refractivity contribution in [2.75, 3.05) is 19.5 Å². The van der Waals surface area contributed by atoms with E-state index in [1.54, 1.807) is 20.3 Å². The fourth-order valence-corrected chi connectivity index (χ4v) is 3.32. The third kappa shape index (κ3) is 4.11. The maximum atomic E-state index is 12.7. The zero-order valence-corrected chi connectivity index (χ0v) is 16.7. The molecule has 2 aromatic carbocycles. The van der Waals surface area contributed by atoms with Gasteiger partial charge < -0.3 is 20.1 Å². The van der Waals surface area contributed by atoms with Crippen LogP contribution in [0.5, 0.6) is 11.5 Å². The summed E-state index contributed by atoms with van der Waals surface area (Å²) in [6.07, 6.45) is 1.11. The van der Waals surface area contributed by atoms with Gasteiger partial charge >= 0.3 is 0 Å². The Morgan fingerprint density at radius 1 is 0.929 bits per heavy atom. The minimum Gasteiger partial charge on any atom is -0.493 e. The van der Waals surface area contributed by atoms with E-state index in [1.165, 1.54) is 0 Å². The normalized spacial score (nSPS) is 14.1. The molecule has 0 aliphatic heterocycles. The summed E-state index contributed by atoms with van der Waals surface area (Å²) in [5.74, 6) is 0.735. The van der Waals surface area contributed by atoms with Crippen LogP contribution in [0.2, 0.25) is 0 Å². The lowest BCUT2D eigenvalue weighted by molar-refractivity contribution is -0.134. The van der Waals surface area contributed by atoms with Crippen molar-refractivity contribution in [1.29, 1.82) is 0 Å². The average Bonchev–Trinajstić information content (AvgIpc) is 3.47. The minimum absolute atomic E-state index is 0.246. The predicted molar refractivity (Wildman–Crippen MR) is 108 cm³/mol. The van der Waals surface area contributed by atoms with E-state index >= 15 is 0 Å². The summed E-state index contributed by atoms with van der Waals surface area (Å²) in [5.41, 5.74) is 2.75. The van der Waals surface area contributed by atoms with E-state index in [9.17, 15) is 9.59 Å². The molecule has 28 heavy (non-hydrogen) atoms. The number of carbonyl (C=O) groups excluding carboxylic acids is 2. The zero-order chi connectivity index (χ0) is 20.3. The van der Waals surface area contributed by atoms with Crippen molar-refractivity contribution in [3.05, 3.63) is 53.1 Å². The molecule has 1 aliphatic carbocycles. The van der Waals surface area contributed by atoms with Gasteiger partial charge in [-0.25, -0.2) is 0 Å². The molecule has 6 nitrogen and oxygen atoms in total. The van der Waals surface area contributed by atoms with Crippen LogP contribution in [0.1, 0.15) is 29.5 Å². The Bertz CT molecular complexity index is 883. The van der Waals surface area contributed by atoms with Crippen molar-refractivity contribution < 1.29 is 19.1 Å². The van der Waals surface area contributed by atoms with Gasteiger partial charge in [-0.3, -0.25) is 9.59 Å². The number of ether oxygens (including phenoxy) is 2. The average molecular weight is 382 g/mol. The van der Waals surface area contributed by atoms with E-state index in [2.05, 4.69) is 10.6 Å². The molecule has 0 radical (unpaired) electrons. The first-order chi connectivity index (χ1) is 13.4. The van der Waals surface area contributed by atoms with Crippen LogP contribution in [0.25, 0.3) is 0 Å². The van der Waals surface area contributed by atoms with Gasteiger partial charge in [0.2, 0.25) is 11.8 Å². The summed E-state index contributed by atoms with van der Waals surface area (Å²) in [5, 5.41) is 5.79. The number of hydrogen-bond donors (Lipinski definition) is 2. The third-order valence-electron chi connectivity index (χ3n) is 5.00. The summed E-state index contributed by atoms with van der Waals surface area (Å²) in [7, 11) is 3.14. The highest BCUT2D eigenvalue weighted by atomic mass is 16.5. The Labute approximate surface area is 165 Å². The molecule has 0 unspecified atom stereocenters. The van der Waals surface area contributed by atoms with E-state index in [1.807, 2.05) is 44.2 Å². The van der Waals surface area contributed by atoms with Crippen molar-refractivity contribution in [1.82, 2.24) is 5.32 Å². The van der Waals surface area contributed by atoms with Crippen LogP contribution >= 0.6 is 0 Å². The quantitative estimate of drug-likeness (QED) is 0.720. The van der Waals surface area contributed by atoms with Gasteiger partial charge in [-0.2, -0.15) is 0 Å². The summed E-state index contributed by atoms with van der Waals surface area (Å²) < 4.78 is 10.5. The summed E-state index contributed by atoms with van der Waals surface area (Å²) in [6, 6.07) is 11.3.